The lowest BCUT2D eigenvalue weighted by Gasteiger charge is -2.47. The van der Waals surface area contributed by atoms with E-state index >= 15 is 0 Å². The van der Waals surface area contributed by atoms with Gasteiger partial charge in [0.15, 0.2) is 0 Å². The van der Waals surface area contributed by atoms with Gasteiger partial charge in [0, 0.05) is 25.0 Å². The summed E-state index contributed by atoms with van der Waals surface area (Å²) in [6, 6.07) is 0.564. The van der Waals surface area contributed by atoms with Gasteiger partial charge in [-0.3, -0.25) is 4.57 Å². The van der Waals surface area contributed by atoms with Crippen LogP contribution in [0.1, 0.15) is 39.0 Å². The van der Waals surface area contributed by atoms with E-state index in [2.05, 4.69) is 16.8 Å². The number of rotatable bonds is 0. The second-order valence-electron chi connectivity index (χ2n) is 5.73. The van der Waals surface area contributed by atoms with Crippen LogP contribution in [0.5, 0.6) is 0 Å². The molecule has 1 amide bonds. The maximum Gasteiger partial charge on any atom is 0.329 e. The first-order chi connectivity index (χ1) is 8.77. The Morgan fingerprint density at radius 3 is 2.89 bits per heavy atom. The third-order valence-electron chi connectivity index (χ3n) is 4.71. The van der Waals surface area contributed by atoms with Gasteiger partial charge in [-0.25, -0.2) is 9.78 Å². The topological polar surface area (TPSA) is 38.1 Å². The van der Waals surface area contributed by atoms with Crippen molar-refractivity contribution in [3.63, 3.8) is 0 Å². The van der Waals surface area contributed by atoms with Crippen molar-refractivity contribution in [1.82, 2.24) is 14.5 Å². The molecule has 0 N–H and O–H groups in total. The molecule has 0 bridgehead atoms. The first-order valence-corrected chi connectivity index (χ1v) is 7.06. The normalized spacial score (nSPS) is 32.1. The van der Waals surface area contributed by atoms with Crippen molar-refractivity contribution in [1.29, 1.82) is 0 Å². The Morgan fingerprint density at radius 2 is 2.11 bits per heavy atom. The number of nitrogens with zero attached hydrogens (tertiary/aromatic N) is 3. The van der Waals surface area contributed by atoms with Crippen LogP contribution in [-0.4, -0.2) is 33.1 Å². The van der Waals surface area contributed by atoms with Crippen molar-refractivity contribution in [2.24, 2.45) is 11.8 Å². The molecular formula is C14H21N3O. The van der Waals surface area contributed by atoms with Crippen LogP contribution in [-0.2, 0) is 0 Å². The van der Waals surface area contributed by atoms with Crippen LogP contribution in [0.15, 0.2) is 18.7 Å². The van der Waals surface area contributed by atoms with E-state index in [0.29, 0.717) is 12.0 Å². The average molecular weight is 247 g/mol. The number of likely N-dealkylation sites (tertiary alicyclic amines) is 1. The van der Waals surface area contributed by atoms with E-state index in [1.54, 1.807) is 23.3 Å². The van der Waals surface area contributed by atoms with Crippen LogP contribution >= 0.6 is 0 Å². The smallest absolute Gasteiger partial charge is 0.321 e. The summed E-state index contributed by atoms with van der Waals surface area (Å²) in [6.07, 6.45) is 11.2. The van der Waals surface area contributed by atoms with Crippen molar-refractivity contribution in [2.75, 3.05) is 6.54 Å². The Balaban J connectivity index is 1.81. The highest BCUT2D eigenvalue weighted by atomic mass is 16.2. The van der Waals surface area contributed by atoms with Crippen molar-refractivity contribution >= 4 is 6.03 Å². The van der Waals surface area contributed by atoms with Crippen LogP contribution in [0.2, 0.25) is 0 Å². The molecule has 1 saturated carbocycles. The molecule has 1 aliphatic heterocycles. The number of fused-ring (bicyclic) bond motifs is 1. The highest BCUT2D eigenvalue weighted by Crippen LogP contribution is 2.38. The third-order valence-corrected chi connectivity index (χ3v) is 4.71. The lowest BCUT2D eigenvalue weighted by molar-refractivity contribution is 0.0506. The van der Waals surface area contributed by atoms with E-state index < -0.39 is 0 Å². The van der Waals surface area contributed by atoms with Crippen LogP contribution in [0.3, 0.4) is 0 Å². The molecule has 3 atom stereocenters. The zero-order valence-corrected chi connectivity index (χ0v) is 11.0. The predicted octanol–water partition coefficient (Wildman–Crippen LogP) is 2.75. The first-order valence-electron chi connectivity index (χ1n) is 7.06. The van der Waals surface area contributed by atoms with Crippen molar-refractivity contribution in [3.05, 3.63) is 18.7 Å². The van der Waals surface area contributed by atoms with E-state index in [4.69, 9.17) is 0 Å². The predicted molar refractivity (Wildman–Crippen MR) is 69.3 cm³/mol. The lowest BCUT2D eigenvalue weighted by atomic mass is 9.73. The number of aromatic nitrogens is 2. The number of amides is 1. The molecule has 1 aliphatic carbocycles. The SMILES string of the molecule is CC1CCN(C(=O)n2ccnc2)C2CCCCC12. The molecule has 0 radical (unpaired) electrons. The fourth-order valence-electron chi connectivity index (χ4n) is 3.67. The lowest BCUT2D eigenvalue weighted by Crippen LogP contribution is -2.53. The number of imidazole rings is 1. The highest BCUT2D eigenvalue weighted by Gasteiger charge is 2.39. The van der Waals surface area contributed by atoms with Crippen LogP contribution in [0.25, 0.3) is 0 Å². The van der Waals surface area contributed by atoms with Gasteiger partial charge in [0.25, 0.3) is 0 Å². The Hall–Kier alpha value is -1.32. The summed E-state index contributed by atoms with van der Waals surface area (Å²) in [5.74, 6) is 1.47. The summed E-state index contributed by atoms with van der Waals surface area (Å²) in [6.45, 7) is 3.25. The van der Waals surface area contributed by atoms with Crippen LogP contribution in [0.4, 0.5) is 4.79 Å². The van der Waals surface area contributed by atoms with Gasteiger partial charge in [0.2, 0.25) is 0 Å². The monoisotopic (exact) mass is 247 g/mol. The van der Waals surface area contributed by atoms with Gasteiger partial charge < -0.3 is 4.90 Å². The quantitative estimate of drug-likeness (QED) is 0.707. The molecule has 4 nitrogen and oxygen atoms in total. The molecule has 3 unspecified atom stereocenters. The maximum absolute atomic E-state index is 12.5. The minimum Gasteiger partial charge on any atom is -0.321 e. The van der Waals surface area contributed by atoms with Gasteiger partial charge in [-0.05, 0) is 31.1 Å². The Labute approximate surface area is 108 Å². The Bertz CT molecular complexity index is 415. The maximum atomic E-state index is 12.5. The molecule has 18 heavy (non-hydrogen) atoms. The van der Waals surface area contributed by atoms with Gasteiger partial charge in [-0.2, -0.15) is 0 Å². The van der Waals surface area contributed by atoms with E-state index in [9.17, 15) is 4.79 Å². The summed E-state index contributed by atoms with van der Waals surface area (Å²) in [5, 5.41) is 0. The molecule has 1 aromatic rings. The summed E-state index contributed by atoms with van der Waals surface area (Å²) >= 11 is 0. The summed E-state index contributed by atoms with van der Waals surface area (Å²) < 4.78 is 1.61. The molecule has 98 valence electrons. The van der Waals surface area contributed by atoms with Gasteiger partial charge in [-0.15, -0.1) is 0 Å². The van der Waals surface area contributed by atoms with Gasteiger partial charge in [0.1, 0.15) is 6.33 Å². The van der Waals surface area contributed by atoms with Crippen LogP contribution in [0, 0.1) is 11.8 Å². The second kappa shape index (κ2) is 4.75. The number of piperidine rings is 1. The highest BCUT2D eigenvalue weighted by molar-refractivity contribution is 5.77. The molecule has 0 spiro atoms. The van der Waals surface area contributed by atoms with E-state index in [0.717, 1.165) is 18.9 Å². The molecule has 4 heteroatoms. The van der Waals surface area contributed by atoms with E-state index in [-0.39, 0.29) is 6.03 Å². The summed E-state index contributed by atoms with van der Waals surface area (Å²) in [4.78, 5) is 18.5. The molecule has 3 rings (SSSR count). The fourth-order valence-corrected chi connectivity index (χ4v) is 3.67. The van der Waals surface area contributed by atoms with Crippen molar-refractivity contribution < 1.29 is 4.79 Å². The molecule has 2 aliphatic rings. The molecule has 2 fully saturated rings. The molecule has 1 aromatic heterocycles. The van der Waals surface area contributed by atoms with E-state index in [1.165, 1.54) is 25.7 Å². The first kappa shape index (κ1) is 11.8. The number of carbonyl (C=O) groups is 1. The standard InChI is InChI=1S/C14H21N3O/c1-11-6-8-17(13-5-3-2-4-12(11)13)14(18)16-9-7-15-10-16/h7,9-13H,2-6,8H2,1H3. The number of hydrogen-bond acceptors (Lipinski definition) is 2. The summed E-state index contributed by atoms with van der Waals surface area (Å²) in [5.41, 5.74) is 0. The largest absolute Gasteiger partial charge is 0.329 e. The minimum atomic E-state index is 0.108. The number of carbonyl (C=O) groups excluding carboxylic acids is 1. The zero-order valence-electron chi connectivity index (χ0n) is 11.0. The average Bonchev–Trinajstić information content (AvgIpc) is 2.93. The van der Waals surface area contributed by atoms with E-state index in [1.807, 2.05) is 0 Å². The molecule has 2 heterocycles. The van der Waals surface area contributed by atoms with Crippen molar-refractivity contribution in [2.45, 2.75) is 45.1 Å². The third kappa shape index (κ3) is 1.93. The Morgan fingerprint density at radius 1 is 1.28 bits per heavy atom. The van der Waals surface area contributed by atoms with Gasteiger partial charge in [0.05, 0.1) is 0 Å². The molecular weight excluding hydrogens is 226 g/mol. The summed E-state index contributed by atoms with van der Waals surface area (Å²) in [7, 11) is 0. The number of hydrogen-bond donors (Lipinski definition) is 0. The molecule has 0 aromatic carbocycles. The fraction of sp³-hybridized carbons (Fsp3) is 0.714. The second-order valence-corrected chi connectivity index (χ2v) is 5.73. The van der Waals surface area contributed by atoms with Crippen molar-refractivity contribution in [3.8, 4) is 0 Å². The Kier molecular flexibility index (Phi) is 3.10. The van der Waals surface area contributed by atoms with Crippen LogP contribution < -0.4 is 0 Å². The minimum absolute atomic E-state index is 0.108. The van der Waals surface area contributed by atoms with Gasteiger partial charge >= 0.3 is 6.03 Å². The molecule has 1 saturated heterocycles. The zero-order chi connectivity index (χ0) is 12.5. The van der Waals surface area contributed by atoms with Gasteiger partial charge in [-0.1, -0.05) is 19.8 Å².